The van der Waals surface area contributed by atoms with E-state index in [0.717, 1.165) is 11.8 Å². The van der Waals surface area contributed by atoms with E-state index in [1.54, 1.807) is 0 Å². The van der Waals surface area contributed by atoms with Gasteiger partial charge < -0.3 is 5.32 Å². The SMILES string of the molecule is CCCCC1CCC1CNC(C)(C)C. The summed E-state index contributed by atoms with van der Waals surface area (Å²) >= 11 is 0. The van der Waals surface area contributed by atoms with Crippen LogP contribution in [0.25, 0.3) is 0 Å². The number of unbranched alkanes of at least 4 members (excludes halogenated alkanes) is 1. The monoisotopic (exact) mass is 197 g/mol. The van der Waals surface area contributed by atoms with Crippen molar-refractivity contribution in [2.45, 2.75) is 65.3 Å². The van der Waals surface area contributed by atoms with Crippen LogP contribution in [0.15, 0.2) is 0 Å². The van der Waals surface area contributed by atoms with E-state index >= 15 is 0 Å². The maximum atomic E-state index is 3.63. The molecule has 0 radical (unpaired) electrons. The van der Waals surface area contributed by atoms with Gasteiger partial charge in [-0.25, -0.2) is 0 Å². The minimum atomic E-state index is 0.297. The van der Waals surface area contributed by atoms with E-state index in [2.05, 4.69) is 33.0 Å². The maximum Gasteiger partial charge on any atom is 0.00966 e. The predicted octanol–water partition coefficient (Wildman–Crippen LogP) is 3.59. The van der Waals surface area contributed by atoms with E-state index in [9.17, 15) is 0 Å². The van der Waals surface area contributed by atoms with E-state index in [-0.39, 0.29) is 0 Å². The highest BCUT2D eigenvalue weighted by Crippen LogP contribution is 2.37. The van der Waals surface area contributed by atoms with Crippen LogP contribution in [-0.2, 0) is 0 Å². The zero-order chi connectivity index (χ0) is 10.6. The first-order valence-corrected chi connectivity index (χ1v) is 6.28. The summed E-state index contributed by atoms with van der Waals surface area (Å²) in [4.78, 5) is 0. The number of hydrogen-bond donors (Lipinski definition) is 1. The summed E-state index contributed by atoms with van der Waals surface area (Å²) in [6.45, 7) is 10.3. The molecule has 0 aliphatic heterocycles. The molecule has 84 valence electrons. The van der Waals surface area contributed by atoms with Gasteiger partial charge in [-0.2, -0.15) is 0 Å². The fourth-order valence-corrected chi connectivity index (χ4v) is 2.19. The first-order chi connectivity index (χ1) is 6.53. The summed E-state index contributed by atoms with van der Waals surface area (Å²) in [5.74, 6) is 2.01. The van der Waals surface area contributed by atoms with Gasteiger partial charge in [0, 0.05) is 5.54 Å². The van der Waals surface area contributed by atoms with E-state index in [4.69, 9.17) is 0 Å². The van der Waals surface area contributed by atoms with Gasteiger partial charge in [0.05, 0.1) is 0 Å². The topological polar surface area (TPSA) is 12.0 Å². The minimum Gasteiger partial charge on any atom is -0.312 e. The molecule has 1 heteroatoms. The summed E-state index contributed by atoms with van der Waals surface area (Å²) in [5.41, 5.74) is 0.297. The summed E-state index contributed by atoms with van der Waals surface area (Å²) in [6.07, 6.45) is 7.19. The molecule has 0 bridgehead atoms. The summed E-state index contributed by atoms with van der Waals surface area (Å²) in [7, 11) is 0. The van der Waals surface area contributed by atoms with Crippen molar-refractivity contribution in [3.63, 3.8) is 0 Å². The molecule has 1 saturated carbocycles. The lowest BCUT2D eigenvalue weighted by molar-refractivity contribution is 0.147. The average Bonchev–Trinajstić information content (AvgIpc) is 2.01. The molecule has 1 nitrogen and oxygen atoms in total. The van der Waals surface area contributed by atoms with Crippen molar-refractivity contribution in [3.05, 3.63) is 0 Å². The van der Waals surface area contributed by atoms with E-state index in [1.165, 1.54) is 38.6 Å². The zero-order valence-electron chi connectivity index (χ0n) is 10.4. The van der Waals surface area contributed by atoms with Gasteiger partial charge in [-0.15, -0.1) is 0 Å². The van der Waals surface area contributed by atoms with Crippen LogP contribution in [-0.4, -0.2) is 12.1 Å². The first-order valence-electron chi connectivity index (χ1n) is 6.28. The summed E-state index contributed by atoms with van der Waals surface area (Å²) in [5, 5.41) is 3.63. The van der Waals surface area contributed by atoms with Crippen molar-refractivity contribution in [2.75, 3.05) is 6.54 Å². The van der Waals surface area contributed by atoms with Crippen LogP contribution < -0.4 is 5.32 Å². The van der Waals surface area contributed by atoms with Crippen molar-refractivity contribution < 1.29 is 0 Å². The molecule has 2 unspecified atom stereocenters. The van der Waals surface area contributed by atoms with Crippen LogP contribution in [0.3, 0.4) is 0 Å². The van der Waals surface area contributed by atoms with Crippen molar-refractivity contribution in [1.82, 2.24) is 5.32 Å². The molecule has 1 rings (SSSR count). The molecule has 1 aliphatic carbocycles. The Hall–Kier alpha value is -0.0400. The van der Waals surface area contributed by atoms with Crippen molar-refractivity contribution in [3.8, 4) is 0 Å². The molecule has 1 aliphatic rings. The largest absolute Gasteiger partial charge is 0.312 e. The van der Waals surface area contributed by atoms with Crippen LogP contribution in [0.1, 0.15) is 59.8 Å². The Bertz CT molecular complexity index is 157. The third-order valence-corrected chi connectivity index (χ3v) is 3.40. The van der Waals surface area contributed by atoms with Gasteiger partial charge in [0.1, 0.15) is 0 Å². The van der Waals surface area contributed by atoms with Crippen LogP contribution in [0.4, 0.5) is 0 Å². The zero-order valence-corrected chi connectivity index (χ0v) is 10.4. The molecule has 0 amide bonds. The normalized spacial score (nSPS) is 27.4. The van der Waals surface area contributed by atoms with E-state index in [1.807, 2.05) is 0 Å². The second-order valence-corrected chi connectivity index (χ2v) is 5.87. The number of hydrogen-bond acceptors (Lipinski definition) is 1. The maximum absolute atomic E-state index is 3.63. The standard InChI is InChI=1S/C13H27N/c1-5-6-7-11-8-9-12(11)10-14-13(2,3)4/h11-12,14H,5-10H2,1-4H3. The molecule has 0 saturated heterocycles. The highest BCUT2D eigenvalue weighted by atomic mass is 14.9. The fourth-order valence-electron chi connectivity index (χ4n) is 2.19. The van der Waals surface area contributed by atoms with Gasteiger partial charge in [-0.05, 0) is 52.0 Å². The predicted molar refractivity (Wildman–Crippen MR) is 63.5 cm³/mol. The van der Waals surface area contributed by atoms with Gasteiger partial charge in [-0.3, -0.25) is 0 Å². The quantitative estimate of drug-likeness (QED) is 0.710. The third kappa shape index (κ3) is 4.00. The number of rotatable bonds is 5. The number of nitrogens with one attached hydrogen (secondary N) is 1. The van der Waals surface area contributed by atoms with Crippen LogP contribution in [0.5, 0.6) is 0 Å². The van der Waals surface area contributed by atoms with Gasteiger partial charge in [0.2, 0.25) is 0 Å². The smallest absolute Gasteiger partial charge is 0.00966 e. The molecule has 1 fully saturated rings. The average molecular weight is 197 g/mol. The molecule has 14 heavy (non-hydrogen) atoms. The van der Waals surface area contributed by atoms with E-state index in [0.29, 0.717) is 5.54 Å². The lowest BCUT2D eigenvalue weighted by Crippen LogP contribution is -2.43. The second-order valence-electron chi connectivity index (χ2n) is 5.87. The van der Waals surface area contributed by atoms with Crippen LogP contribution in [0.2, 0.25) is 0 Å². The van der Waals surface area contributed by atoms with E-state index < -0.39 is 0 Å². The molecule has 0 aromatic carbocycles. The molecular weight excluding hydrogens is 170 g/mol. The molecule has 2 atom stereocenters. The van der Waals surface area contributed by atoms with Crippen molar-refractivity contribution in [1.29, 1.82) is 0 Å². The molecule has 0 aromatic heterocycles. The molecule has 1 N–H and O–H groups in total. The fraction of sp³-hybridized carbons (Fsp3) is 1.00. The second kappa shape index (κ2) is 5.16. The lowest BCUT2D eigenvalue weighted by Gasteiger charge is -2.39. The Morgan fingerprint density at radius 3 is 2.21 bits per heavy atom. The molecule has 0 heterocycles. The first kappa shape index (κ1) is 12.0. The Balaban J connectivity index is 2.13. The lowest BCUT2D eigenvalue weighted by atomic mass is 9.71. The van der Waals surface area contributed by atoms with Crippen LogP contribution in [0, 0.1) is 11.8 Å². The highest BCUT2D eigenvalue weighted by molar-refractivity contribution is 4.84. The van der Waals surface area contributed by atoms with Gasteiger partial charge in [-0.1, -0.05) is 26.2 Å². The Morgan fingerprint density at radius 1 is 1.14 bits per heavy atom. The summed E-state index contributed by atoms with van der Waals surface area (Å²) in [6, 6.07) is 0. The summed E-state index contributed by atoms with van der Waals surface area (Å²) < 4.78 is 0. The highest BCUT2D eigenvalue weighted by Gasteiger charge is 2.30. The van der Waals surface area contributed by atoms with Crippen molar-refractivity contribution in [2.24, 2.45) is 11.8 Å². The minimum absolute atomic E-state index is 0.297. The Labute approximate surface area is 89.7 Å². The molecular formula is C13H27N. The van der Waals surface area contributed by atoms with Crippen LogP contribution >= 0.6 is 0 Å². The van der Waals surface area contributed by atoms with Gasteiger partial charge >= 0.3 is 0 Å². The van der Waals surface area contributed by atoms with Crippen molar-refractivity contribution >= 4 is 0 Å². The molecule has 0 aromatic rings. The molecule has 0 spiro atoms. The Kier molecular flexibility index (Phi) is 4.43. The third-order valence-electron chi connectivity index (χ3n) is 3.40. The Morgan fingerprint density at radius 2 is 1.79 bits per heavy atom. The van der Waals surface area contributed by atoms with Gasteiger partial charge in [0.15, 0.2) is 0 Å². The van der Waals surface area contributed by atoms with Gasteiger partial charge in [0.25, 0.3) is 0 Å².